The van der Waals surface area contributed by atoms with Gasteiger partial charge in [0, 0.05) is 30.7 Å². The molecule has 1 aliphatic rings. The van der Waals surface area contributed by atoms with Crippen LogP contribution in [0.3, 0.4) is 0 Å². The highest BCUT2D eigenvalue weighted by molar-refractivity contribution is 5.74. The molecule has 1 fully saturated rings. The van der Waals surface area contributed by atoms with Crippen molar-refractivity contribution in [3.05, 3.63) is 0 Å². The highest BCUT2D eigenvalue weighted by Crippen LogP contribution is 2.21. The first-order chi connectivity index (χ1) is 8.83. The zero-order valence-corrected chi connectivity index (χ0v) is 12.7. The molecule has 1 rings (SSSR count). The molecule has 1 saturated heterocycles. The molecule has 112 valence electrons. The first kappa shape index (κ1) is 16.2. The number of hydrogen-bond acceptors (Lipinski definition) is 3. The van der Waals surface area contributed by atoms with E-state index in [1.54, 1.807) is 0 Å². The van der Waals surface area contributed by atoms with Crippen LogP contribution in [0.25, 0.3) is 0 Å². The number of amides is 2. The van der Waals surface area contributed by atoms with E-state index in [4.69, 9.17) is 0 Å². The maximum absolute atomic E-state index is 11.6. The Balaban J connectivity index is 2.32. The number of carbonyl (C=O) groups excluding carboxylic acids is 1. The average Bonchev–Trinajstić information content (AvgIpc) is 2.28. The Morgan fingerprint density at radius 1 is 1.37 bits per heavy atom. The Kier molecular flexibility index (Phi) is 6.07. The van der Waals surface area contributed by atoms with E-state index in [0.29, 0.717) is 12.6 Å². The Bertz CT molecular complexity index is 289. The summed E-state index contributed by atoms with van der Waals surface area (Å²) in [6.45, 7) is 9.69. The van der Waals surface area contributed by atoms with Gasteiger partial charge in [-0.1, -0.05) is 6.42 Å². The summed E-state index contributed by atoms with van der Waals surface area (Å²) in [6.07, 6.45) is 3.40. The van der Waals surface area contributed by atoms with Crippen molar-refractivity contribution in [3.63, 3.8) is 0 Å². The molecule has 5 nitrogen and oxygen atoms in total. The predicted octanol–water partition coefficient (Wildman–Crippen LogP) is 1.32. The molecule has 2 atom stereocenters. The first-order valence-corrected chi connectivity index (χ1v) is 7.26. The molecule has 0 spiro atoms. The van der Waals surface area contributed by atoms with E-state index in [-0.39, 0.29) is 24.2 Å². The van der Waals surface area contributed by atoms with E-state index in [1.165, 1.54) is 12.8 Å². The van der Waals surface area contributed by atoms with Crippen molar-refractivity contribution in [1.29, 1.82) is 0 Å². The number of aliphatic hydroxyl groups is 1. The number of hydrogen-bond donors (Lipinski definition) is 3. The molecule has 0 aromatic heterocycles. The maximum Gasteiger partial charge on any atom is 0.315 e. The average molecular weight is 271 g/mol. The van der Waals surface area contributed by atoms with Gasteiger partial charge in [-0.15, -0.1) is 0 Å². The van der Waals surface area contributed by atoms with Crippen LogP contribution >= 0.6 is 0 Å². The van der Waals surface area contributed by atoms with Gasteiger partial charge in [0.1, 0.15) is 0 Å². The highest BCUT2D eigenvalue weighted by Gasteiger charge is 2.26. The summed E-state index contributed by atoms with van der Waals surface area (Å²) < 4.78 is 0. The molecule has 0 saturated carbocycles. The van der Waals surface area contributed by atoms with Gasteiger partial charge in [-0.05, 0) is 40.5 Å². The lowest BCUT2D eigenvalue weighted by Gasteiger charge is -2.39. The second-order valence-electron chi connectivity index (χ2n) is 6.49. The molecular formula is C14H29N3O2. The third-order valence-corrected chi connectivity index (χ3v) is 3.55. The van der Waals surface area contributed by atoms with Crippen molar-refractivity contribution >= 4 is 6.03 Å². The first-order valence-electron chi connectivity index (χ1n) is 7.26. The largest absolute Gasteiger partial charge is 0.395 e. The molecular weight excluding hydrogens is 242 g/mol. The van der Waals surface area contributed by atoms with Crippen molar-refractivity contribution in [1.82, 2.24) is 15.5 Å². The summed E-state index contributed by atoms with van der Waals surface area (Å²) in [7, 11) is 0. The van der Waals surface area contributed by atoms with Gasteiger partial charge < -0.3 is 15.7 Å². The van der Waals surface area contributed by atoms with Crippen LogP contribution in [-0.4, -0.2) is 53.4 Å². The molecule has 0 aromatic carbocycles. The van der Waals surface area contributed by atoms with E-state index in [9.17, 15) is 9.90 Å². The molecule has 0 radical (unpaired) electrons. The molecule has 2 unspecified atom stereocenters. The van der Waals surface area contributed by atoms with E-state index in [2.05, 4.69) is 22.5 Å². The molecule has 1 aliphatic heterocycles. The summed E-state index contributed by atoms with van der Waals surface area (Å²) in [5.41, 5.74) is -0.212. The molecule has 0 aliphatic carbocycles. The Morgan fingerprint density at radius 3 is 2.63 bits per heavy atom. The fourth-order valence-electron chi connectivity index (χ4n) is 2.62. The van der Waals surface area contributed by atoms with Crippen LogP contribution in [0.15, 0.2) is 0 Å². The number of rotatable bonds is 4. The quantitative estimate of drug-likeness (QED) is 0.722. The van der Waals surface area contributed by atoms with E-state index >= 15 is 0 Å². The van der Waals surface area contributed by atoms with Crippen LogP contribution in [-0.2, 0) is 0 Å². The molecule has 3 N–H and O–H groups in total. The zero-order chi connectivity index (χ0) is 14.5. The number of urea groups is 1. The van der Waals surface area contributed by atoms with Gasteiger partial charge in [-0.25, -0.2) is 4.79 Å². The molecule has 2 amide bonds. The SMILES string of the molecule is CC1CCCC(CO)N1CCNC(=O)NC(C)(C)C. The summed E-state index contributed by atoms with van der Waals surface area (Å²) >= 11 is 0. The number of nitrogens with one attached hydrogen (secondary N) is 2. The topological polar surface area (TPSA) is 64.6 Å². The summed E-state index contributed by atoms with van der Waals surface area (Å²) in [6, 6.07) is 0.604. The van der Waals surface area contributed by atoms with Crippen molar-refractivity contribution in [2.24, 2.45) is 0 Å². The van der Waals surface area contributed by atoms with E-state index in [0.717, 1.165) is 13.0 Å². The number of aliphatic hydroxyl groups excluding tert-OH is 1. The van der Waals surface area contributed by atoms with E-state index in [1.807, 2.05) is 20.8 Å². The van der Waals surface area contributed by atoms with Crippen molar-refractivity contribution < 1.29 is 9.90 Å². The Labute approximate surface area is 116 Å². The standard InChI is InChI=1S/C14H29N3O2/c1-11-6-5-7-12(10-18)17(11)9-8-15-13(19)16-14(2,3)4/h11-12,18H,5-10H2,1-4H3,(H2,15,16,19). The fraction of sp³-hybridized carbons (Fsp3) is 0.929. The van der Waals surface area contributed by atoms with Gasteiger partial charge in [-0.3, -0.25) is 4.90 Å². The fourth-order valence-corrected chi connectivity index (χ4v) is 2.62. The molecule has 5 heteroatoms. The van der Waals surface area contributed by atoms with Gasteiger partial charge in [0.2, 0.25) is 0 Å². The number of nitrogens with zero attached hydrogens (tertiary/aromatic N) is 1. The van der Waals surface area contributed by atoms with Gasteiger partial charge in [0.05, 0.1) is 6.61 Å². The lowest BCUT2D eigenvalue weighted by molar-refractivity contribution is 0.0533. The summed E-state index contributed by atoms with van der Waals surface area (Å²) in [5, 5.41) is 15.2. The third-order valence-electron chi connectivity index (χ3n) is 3.55. The van der Waals surface area contributed by atoms with Crippen LogP contribution in [0.2, 0.25) is 0 Å². The Hall–Kier alpha value is -0.810. The van der Waals surface area contributed by atoms with E-state index < -0.39 is 0 Å². The second-order valence-corrected chi connectivity index (χ2v) is 6.49. The normalized spacial score (nSPS) is 25.1. The number of likely N-dealkylation sites (tertiary alicyclic amines) is 1. The predicted molar refractivity (Wildman–Crippen MR) is 77.2 cm³/mol. The summed E-state index contributed by atoms with van der Waals surface area (Å²) in [5.74, 6) is 0. The number of piperidine rings is 1. The zero-order valence-electron chi connectivity index (χ0n) is 12.7. The molecule has 0 aromatic rings. The second kappa shape index (κ2) is 7.10. The minimum Gasteiger partial charge on any atom is -0.395 e. The molecule has 0 bridgehead atoms. The van der Waals surface area contributed by atoms with Crippen molar-refractivity contribution in [2.45, 2.75) is 64.6 Å². The lowest BCUT2D eigenvalue weighted by atomic mass is 9.97. The monoisotopic (exact) mass is 271 g/mol. The molecule has 1 heterocycles. The van der Waals surface area contributed by atoms with Crippen LogP contribution < -0.4 is 10.6 Å². The van der Waals surface area contributed by atoms with Crippen LogP contribution in [0, 0.1) is 0 Å². The van der Waals surface area contributed by atoms with Gasteiger partial charge in [0.25, 0.3) is 0 Å². The molecule has 19 heavy (non-hydrogen) atoms. The summed E-state index contributed by atoms with van der Waals surface area (Å²) in [4.78, 5) is 13.9. The van der Waals surface area contributed by atoms with Crippen LogP contribution in [0.4, 0.5) is 4.79 Å². The maximum atomic E-state index is 11.6. The van der Waals surface area contributed by atoms with Crippen LogP contribution in [0.5, 0.6) is 0 Å². The van der Waals surface area contributed by atoms with Crippen molar-refractivity contribution in [3.8, 4) is 0 Å². The smallest absolute Gasteiger partial charge is 0.315 e. The van der Waals surface area contributed by atoms with Gasteiger partial charge in [-0.2, -0.15) is 0 Å². The minimum atomic E-state index is -0.212. The lowest BCUT2D eigenvalue weighted by Crippen LogP contribution is -2.52. The number of carbonyl (C=O) groups is 1. The van der Waals surface area contributed by atoms with Gasteiger partial charge in [0.15, 0.2) is 0 Å². The van der Waals surface area contributed by atoms with Crippen molar-refractivity contribution in [2.75, 3.05) is 19.7 Å². The third kappa shape index (κ3) is 5.78. The highest BCUT2D eigenvalue weighted by atomic mass is 16.3. The van der Waals surface area contributed by atoms with Crippen LogP contribution in [0.1, 0.15) is 47.0 Å². The minimum absolute atomic E-state index is 0.127. The Morgan fingerprint density at radius 2 is 2.05 bits per heavy atom. The van der Waals surface area contributed by atoms with Gasteiger partial charge >= 0.3 is 6.03 Å².